The molecule has 0 rings (SSSR count). The first-order valence-corrected chi connectivity index (χ1v) is 16.3. The van der Waals surface area contributed by atoms with Gasteiger partial charge in [-0.2, -0.15) is 0 Å². The monoisotopic (exact) mass is 507 g/mol. The lowest BCUT2D eigenvalue weighted by Crippen LogP contribution is -2.26. The zero-order valence-electron chi connectivity index (χ0n) is 25.3. The molecule has 0 spiro atoms. The molecular weight excluding hydrogens is 440 g/mol. The molecule has 0 heterocycles. The molecule has 0 aromatic rings. The van der Waals surface area contributed by atoms with Crippen LogP contribution in [-0.4, -0.2) is 21.4 Å². The van der Waals surface area contributed by atoms with E-state index in [1.807, 2.05) is 0 Å². The third-order valence-electron chi connectivity index (χ3n) is 7.64. The van der Waals surface area contributed by atoms with Gasteiger partial charge in [-0.15, -0.1) is 0 Å². The van der Waals surface area contributed by atoms with Crippen molar-refractivity contribution in [3.63, 3.8) is 0 Å². The summed E-state index contributed by atoms with van der Waals surface area (Å²) in [6.45, 7) is 8.16. The minimum atomic E-state index is -0.987. The van der Waals surface area contributed by atoms with Crippen LogP contribution in [0.25, 0.3) is 0 Å². The highest BCUT2D eigenvalue weighted by Gasteiger charge is 2.20. The lowest BCUT2D eigenvalue weighted by Gasteiger charge is -2.20. The molecule has 2 heteroatoms. The second-order valence-corrected chi connectivity index (χ2v) is 12.1. The van der Waals surface area contributed by atoms with Crippen molar-refractivity contribution < 1.29 is 10.2 Å². The van der Waals surface area contributed by atoms with Gasteiger partial charge in [0.2, 0.25) is 0 Å². The Hall–Kier alpha value is -0.520. The van der Waals surface area contributed by atoms with E-state index in [9.17, 15) is 10.2 Å². The number of unbranched alkanes of at least 4 members (excludes halogenated alkanes) is 22. The first kappa shape index (κ1) is 35.5. The summed E-state index contributed by atoms with van der Waals surface area (Å²) >= 11 is 0. The Kier molecular flexibility index (Phi) is 24.4. The molecule has 36 heavy (non-hydrogen) atoms. The highest BCUT2D eigenvalue weighted by molar-refractivity contribution is 5.19. The smallest absolute Gasteiger partial charge is 0.122 e. The summed E-state index contributed by atoms with van der Waals surface area (Å²) in [5.41, 5.74) is -1.97. The van der Waals surface area contributed by atoms with E-state index in [2.05, 4.69) is 25.7 Å². The zero-order chi connectivity index (χ0) is 26.8. The van der Waals surface area contributed by atoms with Gasteiger partial charge in [0.1, 0.15) is 11.2 Å². The van der Waals surface area contributed by atoms with Crippen LogP contribution in [0.4, 0.5) is 0 Å². The molecular formula is C34H66O2. The first-order chi connectivity index (χ1) is 17.3. The van der Waals surface area contributed by atoms with Crippen molar-refractivity contribution in [3.8, 4) is 11.8 Å². The van der Waals surface area contributed by atoms with Crippen LogP contribution in [0.3, 0.4) is 0 Å². The van der Waals surface area contributed by atoms with Crippen LogP contribution >= 0.6 is 0 Å². The van der Waals surface area contributed by atoms with Crippen molar-refractivity contribution >= 4 is 0 Å². The van der Waals surface area contributed by atoms with Gasteiger partial charge in [-0.3, -0.25) is 0 Å². The van der Waals surface area contributed by atoms with E-state index in [1.54, 1.807) is 13.8 Å². The second kappa shape index (κ2) is 24.8. The number of hydrogen-bond acceptors (Lipinski definition) is 2. The Balaban J connectivity index is 3.71. The third-order valence-corrected chi connectivity index (χ3v) is 7.64. The lowest BCUT2D eigenvalue weighted by molar-refractivity contribution is 0.0968. The zero-order valence-corrected chi connectivity index (χ0v) is 25.3. The molecule has 0 bridgehead atoms. The Morgan fingerprint density at radius 2 is 0.556 bits per heavy atom. The molecule has 0 fully saturated rings. The summed E-state index contributed by atoms with van der Waals surface area (Å²) in [6, 6.07) is 0. The van der Waals surface area contributed by atoms with Crippen LogP contribution in [-0.2, 0) is 0 Å². The molecule has 2 nitrogen and oxygen atoms in total. The molecule has 2 atom stereocenters. The topological polar surface area (TPSA) is 40.5 Å². The standard InChI is InChI=1S/C34H66O2/c1-5-7-9-11-13-15-17-19-21-23-25-27-29-33(3,35)31-32-34(4,36)30-28-26-24-22-20-18-16-14-12-10-8-6-2/h35-36H,5-30H2,1-4H3. The van der Waals surface area contributed by atoms with E-state index in [-0.39, 0.29) is 0 Å². The molecule has 0 saturated carbocycles. The van der Waals surface area contributed by atoms with E-state index < -0.39 is 11.2 Å². The Morgan fingerprint density at radius 3 is 0.778 bits per heavy atom. The highest BCUT2D eigenvalue weighted by Crippen LogP contribution is 2.19. The lowest BCUT2D eigenvalue weighted by atomic mass is 9.94. The van der Waals surface area contributed by atoms with Crippen molar-refractivity contribution in [2.75, 3.05) is 0 Å². The minimum absolute atomic E-state index is 0.701. The molecule has 0 aromatic carbocycles. The Bertz CT molecular complexity index is 467. The van der Waals surface area contributed by atoms with Crippen molar-refractivity contribution in [3.05, 3.63) is 0 Å². The van der Waals surface area contributed by atoms with Crippen LogP contribution in [0, 0.1) is 11.8 Å². The molecule has 0 aliphatic rings. The third kappa shape index (κ3) is 26.5. The first-order valence-electron chi connectivity index (χ1n) is 16.3. The van der Waals surface area contributed by atoms with Crippen LogP contribution in [0.15, 0.2) is 0 Å². The van der Waals surface area contributed by atoms with Crippen LogP contribution in [0.5, 0.6) is 0 Å². The normalized spacial score (nSPS) is 14.7. The minimum Gasteiger partial charge on any atom is -0.378 e. The Morgan fingerprint density at radius 1 is 0.361 bits per heavy atom. The maximum absolute atomic E-state index is 10.6. The highest BCUT2D eigenvalue weighted by atomic mass is 16.3. The van der Waals surface area contributed by atoms with Crippen LogP contribution < -0.4 is 0 Å². The largest absolute Gasteiger partial charge is 0.378 e. The molecule has 214 valence electrons. The molecule has 2 unspecified atom stereocenters. The number of aliphatic hydroxyl groups is 2. The molecule has 0 saturated heterocycles. The van der Waals surface area contributed by atoms with Crippen LogP contribution in [0.1, 0.15) is 195 Å². The van der Waals surface area contributed by atoms with E-state index in [1.165, 1.54) is 141 Å². The molecule has 0 aromatic heterocycles. The van der Waals surface area contributed by atoms with E-state index in [0.29, 0.717) is 12.8 Å². The van der Waals surface area contributed by atoms with Crippen molar-refractivity contribution in [1.82, 2.24) is 0 Å². The van der Waals surface area contributed by atoms with E-state index >= 15 is 0 Å². The summed E-state index contributed by atoms with van der Waals surface area (Å²) in [5, 5.41) is 21.3. The Labute approximate surface area is 227 Å². The number of rotatable bonds is 26. The fraction of sp³-hybridized carbons (Fsp3) is 0.941. The average Bonchev–Trinajstić information content (AvgIpc) is 2.84. The summed E-state index contributed by atoms with van der Waals surface area (Å²) in [4.78, 5) is 0. The fourth-order valence-electron chi connectivity index (χ4n) is 5.01. The molecule has 2 N–H and O–H groups in total. The van der Waals surface area contributed by atoms with Crippen molar-refractivity contribution in [2.24, 2.45) is 0 Å². The second-order valence-electron chi connectivity index (χ2n) is 12.1. The maximum atomic E-state index is 10.6. The predicted molar refractivity (Wildman–Crippen MR) is 160 cm³/mol. The van der Waals surface area contributed by atoms with Gasteiger partial charge in [0.25, 0.3) is 0 Å². The molecule has 0 amide bonds. The fourth-order valence-corrected chi connectivity index (χ4v) is 5.01. The predicted octanol–water partition coefficient (Wildman–Crippen LogP) is 10.7. The summed E-state index contributed by atoms with van der Waals surface area (Å²) in [7, 11) is 0. The molecule has 0 aliphatic heterocycles. The SMILES string of the molecule is CCCCCCCCCCCCCCC(C)(O)C#CC(C)(O)CCCCCCCCCCCCCC. The van der Waals surface area contributed by atoms with Gasteiger partial charge in [0.15, 0.2) is 0 Å². The van der Waals surface area contributed by atoms with Gasteiger partial charge in [0.05, 0.1) is 0 Å². The van der Waals surface area contributed by atoms with Gasteiger partial charge >= 0.3 is 0 Å². The van der Waals surface area contributed by atoms with Crippen molar-refractivity contribution in [2.45, 2.75) is 206 Å². The quantitative estimate of drug-likeness (QED) is 0.0904. The van der Waals surface area contributed by atoms with Crippen LogP contribution in [0.2, 0.25) is 0 Å². The summed E-state index contributed by atoms with van der Waals surface area (Å²) in [6.07, 6.45) is 33.1. The number of hydrogen-bond donors (Lipinski definition) is 2. The van der Waals surface area contributed by atoms with E-state index in [0.717, 1.165) is 12.8 Å². The van der Waals surface area contributed by atoms with Gasteiger partial charge in [0, 0.05) is 0 Å². The van der Waals surface area contributed by atoms with Gasteiger partial charge in [-0.25, -0.2) is 0 Å². The van der Waals surface area contributed by atoms with Gasteiger partial charge in [-0.05, 0) is 39.5 Å². The van der Waals surface area contributed by atoms with Crippen molar-refractivity contribution in [1.29, 1.82) is 0 Å². The van der Waals surface area contributed by atoms with Gasteiger partial charge in [-0.1, -0.05) is 167 Å². The summed E-state index contributed by atoms with van der Waals surface area (Å²) < 4.78 is 0. The molecule has 0 radical (unpaired) electrons. The maximum Gasteiger partial charge on any atom is 0.122 e. The summed E-state index contributed by atoms with van der Waals surface area (Å²) in [5.74, 6) is 5.98. The average molecular weight is 507 g/mol. The van der Waals surface area contributed by atoms with E-state index in [4.69, 9.17) is 0 Å². The molecule has 0 aliphatic carbocycles. The van der Waals surface area contributed by atoms with Gasteiger partial charge < -0.3 is 10.2 Å².